The summed E-state index contributed by atoms with van der Waals surface area (Å²) >= 11 is 0. The van der Waals surface area contributed by atoms with Crippen LogP contribution in [0.2, 0.25) is 0 Å². The minimum Gasteiger partial charge on any atom is -0.497 e. The zero-order valence-electron chi connectivity index (χ0n) is 32.0. The first kappa shape index (κ1) is 39.2. The summed E-state index contributed by atoms with van der Waals surface area (Å²) in [4.78, 5) is 27.9. The van der Waals surface area contributed by atoms with Gasteiger partial charge in [0.05, 0.1) is 45.0 Å². The van der Waals surface area contributed by atoms with Crippen molar-refractivity contribution in [1.82, 2.24) is 34.1 Å². The quantitative estimate of drug-likeness (QED) is 0.146. The monoisotopic (exact) mass is 771 g/mol. The highest BCUT2D eigenvalue weighted by atomic mass is 32.2. The second kappa shape index (κ2) is 16.9. The minimum absolute atomic E-state index is 0.0523. The van der Waals surface area contributed by atoms with Crippen molar-refractivity contribution >= 4 is 27.5 Å². The average molecular weight is 772 g/mol. The van der Waals surface area contributed by atoms with Gasteiger partial charge in [0.15, 0.2) is 11.6 Å². The topological polar surface area (TPSA) is 148 Å². The van der Waals surface area contributed by atoms with Crippen LogP contribution >= 0.6 is 0 Å². The van der Waals surface area contributed by atoms with Crippen molar-refractivity contribution in [2.45, 2.75) is 45.9 Å². The summed E-state index contributed by atoms with van der Waals surface area (Å²) in [6, 6.07) is 18.7. The van der Waals surface area contributed by atoms with E-state index in [0.717, 1.165) is 28.2 Å². The van der Waals surface area contributed by atoms with E-state index in [4.69, 9.17) is 34.1 Å². The van der Waals surface area contributed by atoms with E-state index in [1.165, 1.54) is 29.9 Å². The molecule has 0 aliphatic carbocycles. The Morgan fingerprint density at radius 3 is 2.07 bits per heavy atom. The Morgan fingerprint density at radius 2 is 1.53 bits per heavy atom. The molecule has 3 aromatic heterocycles. The molecular weight excluding hydrogens is 726 g/mol. The molecule has 16 heteroatoms. The maximum absolute atomic E-state index is 14.8. The van der Waals surface area contributed by atoms with E-state index in [-0.39, 0.29) is 18.0 Å². The molecule has 6 rings (SSSR count). The molecule has 0 spiro atoms. The van der Waals surface area contributed by atoms with Gasteiger partial charge < -0.3 is 24.4 Å². The third-order valence-corrected chi connectivity index (χ3v) is 10.9. The summed E-state index contributed by atoms with van der Waals surface area (Å²) in [5, 5.41) is 3.22. The van der Waals surface area contributed by atoms with Gasteiger partial charge >= 0.3 is 0 Å². The van der Waals surface area contributed by atoms with Crippen LogP contribution in [0.4, 0.5) is 21.8 Å². The van der Waals surface area contributed by atoms with Gasteiger partial charge in [-0.05, 0) is 67.8 Å². The molecule has 2 atom stereocenters. The Bertz CT molecular complexity index is 2160. The number of ether oxygens (including phenoxy) is 3. The first-order valence-electron chi connectivity index (χ1n) is 17.8. The van der Waals surface area contributed by atoms with Crippen LogP contribution in [0.5, 0.6) is 17.4 Å². The molecule has 4 heterocycles. The van der Waals surface area contributed by atoms with Gasteiger partial charge in [-0.25, -0.2) is 27.8 Å². The van der Waals surface area contributed by atoms with Crippen molar-refractivity contribution in [3.8, 4) is 28.8 Å². The average Bonchev–Trinajstić information content (AvgIpc) is 3.17. The highest BCUT2D eigenvalue weighted by Gasteiger charge is 2.32. The van der Waals surface area contributed by atoms with Gasteiger partial charge in [-0.1, -0.05) is 24.3 Å². The van der Waals surface area contributed by atoms with Crippen LogP contribution in [-0.4, -0.2) is 95.8 Å². The van der Waals surface area contributed by atoms with E-state index in [1.807, 2.05) is 68.4 Å². The number of piperazine rings is 1. The fourth-order valence-corrected chi connectivity index (χ4v) is 7.50. The van der Waals surface area contributed by atoms with Gasteiger partial charge in [0.25, 0.3) is 0 Å². The lowest BCUT2D eigenvalue weighted by molar-refractivity contribution is 0.0906. The molecule has 1 N–H and O–H groups in total. The molecule has 2 aromatic carbocycles. The summed E-state index contributed by atoms with van der Waals surface area (Å²) in [6.07, 6.45) is 4.46. The molecule has 0 saturated carbocycles. The van der Waals surface area contributed by atoms with E-state index in [0.29, 0.717) is 67.4 Å². The molecule has 0 bridgehead atoms. The Hall–Kier alpha value is -5.45. The van der Waals surface area contributed by atoms with Gasteiger partial charge in [-0.15, -0.1) is 0 Å². The lowest BCUT2D eigenvalue weighted by Gasteiger charge is -2.42. The van der Waals surface area contributed by atoms with Gasteiger partial charge in [-0.3, -0.25) is 4.90 Å². The van der Waals surface area contributed by atoms with Gasteiger partial charge in [0.2, 0.25) is 21.9 Å². The maximum atomic E-state index is 14.8. The third-order valence-electron chi connectivity index (χ3n) is 9.59. The van der Waals surface area contributed by atoms with Crippen molar-refractivity contribution in [2.24, 2.45) is 0 Å². The molecule has 1 aliphatic heterocycles. The molecule has 290 valence electrons. The molecule has 5 aromatic rings. The number of sulfonamides is 1. The predicted octanol–water partition coefficient (Wildman–Crippen LogP) is 5.78. The largest absolute Gasteiger partial charge is 0.497 e. The maximum Gasteiger partial charge on any atom is 0.250 e. The van der Waals surface area contributed by atoms with Crippen LogP contribution in [0.1, 0.15) is 42.4 Å². The normalized spacial score (nSPS) is 15.7. The molecule has 55 heavy (non-hydrogen) atoms. The first-order valence-corrected chi connectivity index (χ1v) is 19.6. The molecule has 0 amide bonds. The van der Waals surface area contributed by atoms with Crippen molar-refractivity contribution < 1.29 is 27.0 Å². The number of halogens is 1. The van der Waals surface area contributed by atoms with E-state index in [2.05, 4.69) is 27.0 Å². The zero-order chi connectivity index (χ0) is 39.3. The highest BCUT2D eigenvalue weighted by Crippen LogP contribution is 2.34. The fraction of sp³-hybridized carbons (Fsp3) is 0.359. The van der Waals surface area contributed by atoms with E-state index < -0.39 is 15.8 Å². The lowest BCUT2D eigenvalue weighted by Crippen LogP contribution is -2.53. The molecule has 2 unspecified atom stereocenters. The van der Waals surface area contributed by atoms with Crippen molar-refractivity contribution in [3.63, 3.8) is 0 Å². The fourth-order valence-electron chi connectivity index (χ4n) is 6.60. The van der Waals surface area contributed by atoms with Crippen LogP contribution in [0.25, 0.3) is 11.4 Å². The number of methoxy groups -OCH3 is 3. The number of nitrogens with one attached hydrogen (secondary N) is 1. The number of aromatic nitrogens is 5. The second-order valence-corrected chi connectivity index (χ2v) is 15.4. The smallest absolute Gasteiger partial charge is 0.250 e. The molecule has 14 nitrogen and oxygen atoms in total. The number of benzene rings is 2. The lowest BCUT2D eigenvalue weighted by atomic mass is 10.0. The Balaban J connectivity index is 1.41. The standard InChI is InChI=1S/C39H46FN9O5S/c1-25-22-48(55(7,50)51)16-17-49(25)26(2)30-18-34(36(41-20-30)45-31-19-35(40)38(54-6)42-21-31)37-43-27(3)44-39(46-37)47(23-28-8-12-32(52-4)13-9-28)24-29-10-14-33(53-5)15-11-29/h8-15,18-21,25-26H,16-17,22-24H2,1-7H3,(H,41,45). The number of pyridine rings is 2. The van der Waals surface area contributed by atoms with Gasteiger partial charge in [-0.2, -0.15) is 14.3 Å². The van der Waals surface area contributed by atoms with Gasteiger partial charge in [0, 0.05) is 57.1 Å². The number of nitrogens with zero attached hydrogens (tertiary/aromatic N) is 8. The molecule has 1 saturated heterocycles. The summed E-state index contributed by atoms with van der Waals surface area (Å²) < 4.78 is 56.7. The van der Waals surface area contributed by atoms with Crippen LogP contribution in [0, 0.1) is 12.7 Å². The summed E-state index contributed by atoms with van der Waals surface area (Å²) in [7, 11) is 1.31. The van der Waals surface area contributed by atoms with Crippen LogP contribution in [0.15, 0.2) is 73.1 Å². The minimum atomic E-state index is -3.31. The summed E-state index contributed by atoms with van der Waals surface area (Å²) in [5.74, 6) is 2.42. The third kappa shape index (κ3) is 9.44. The molecule has 1 aliphatic rings. The number of rotatable bonds is 14. The number of aryl methyl sites for hydroxylation is 1. The SMILES string of the molecule is COc1ccc(CN(Cc2ccc(OC)cc2)c2nc(C)nc(-c3cc(C(C)N4CCN(S(C)(=O)=O)CC4C)cnc3Nc3cnc(OC)c(F)c3)n2)cc1. The highest BCUT2D eigenvalue weighted by molar-refractivity contribution is 7.88. The zero-order valence-corrected chi connectivity index (χ0v) is 32.8. The van der Waals surface area contributed by atoms with Crippen LogP contribution in [-0.2, 0) is 23.1 Å². The van der Waals surface area contributed by atoms with E-state index in [1.54, 1.807) is 20.4 Å². The van der Waals surface area contributed by atoms with Crippen LogP contribution in [0.3, 0.4) is 0 Å². The molecular formula is C39H46FN9O5S. The Morgan fingerprint density at radius 1 is 0.891 bits per heavy atom. The number of anilines is 3. The van der Waals surface area contributed by atoms with Crippen molar-refractivity contribution in [1.29, 1.82) is 0 Å². The number of hydrogen-bond acceptors (Lipinski definition) is 13. The van der Waals surface area contributed by atoms with E-state index in [9.17, 15) is 12.8 Å². The Labute approximate surface area is 321 Å². The summed E-state index contributed by atoms with van der Waals surface area (Å²) in [5.41, 5.74) is 3.82. The molecule has 0 radical (unpaired) electrons. The summed E-state index contributed by atoms with van der Waals surface area (Å²) in [6.45, 7) is 8.17. The van der Waals surface area contributed by atoms with Crippen molar-refractivity contribution in [2.75, 3.05) is 57.4 Å². The molecule has 1 fully saturated rings. The van der Waals surface area contributed by atoms with E-state index >= 15 is 0 Å². The van der Waals surface area contributed by atoms with Gasteiger partial charge in [0.1, 0.15) is 23.1 Å². The first-order chi connectivity index (χ1) is 26.3. The Kier molecular flexibility index (Phi) is 12.1. The predicted molar refractivity (Wildman–Crippen MR) is 209 cm³/mol. The van der Waals surface area contributed by atoms with Crippen molar-refractivity contribution in [3.05, 3.63) is 101 Å². The number of hydrogen-bond donors (Lipinski definition) is 1. The second-order valence-electron chi connectivity index (χ2n) is 13.4. The van der Waals surface area contributed by atoms with Crippen LogP contribution < -0.4 is 24.4 Å².